The highest BCUT2D eigenvalue weighted by molar-refractivity contribution is 7.99. The van der Waals surface area contributed by atoms with Crippen LogP contribution in [0.2, 0.25) is 5.02 Å². The zero-order valence-electron chi connectivity index (χ0n) is 19.2. The smallest absolute Gasteiger partial charge is 0.337 e. The number of hydrogen-bond donors (Lipinski definition) is 2. The van der Waals surface area contributed by atoms with E-state index in [1.54, 1.807) is 66.1 Å². The van der Waals surface area contributed by atoms with Gasteiger partial charge in [0, 0.05) is 12.2 Å². The van der Waals surface area contributed by atoms with Crippen molar-refractivity contribution in [3.8, 4) is 0 Å². The number of amides is 2. The maximum absolute atomic E-state index is 12.6. The molecule has 0 unspecified atom stereocenters. The van der Waals surface area contributed by atoms with E-state index in [-0.39, 0.29) is 17.6 Å². The second-order valence-corrected chi connectivity index (χ2v) is 8.67. The lowest BCUT2D eigenvalue weighted by atomic mass is 10.2. The summed E-state index contributed by atoms with van der Waals surface area (Å²) in [5.41, 5.74) is 1.30. The molecule has 3 rings (SSSR count). The van der Waals surface area contributed by atoms with Crippen molar-refractivity contribution < 1.29 is 19.1 Å². The number of ether oxygens (including phenoxy) is 1. The predicted octanol–water partition coefficient (Wildman–Crippen LogP) is 4.13. The van der Waals surface area contributed by atoms with Gasteiger partial charge in [0.05, 0.1) is 35.1 Å². The van der Waals surface area contributed by atoms with Crippen molar-refractivity contribution in [1.29, 1.82) is 0 Å². The minimum Gasteiger partial charge on any atom is -0.465 e. The average Bonchev–Trinajstić information content (AvgIpc) is 3.25. The monoisotopic (exact) mass is 513 g/mol. The van der Waals surface area contributed by atoms with E-state index >= 15 is 0 Å². The SMILES string of the molecule is C=CCn1c(SCC(=O)Nc2ccc(C(=O)OC)cc2)nnc1[C@@H](C)NC(=O)c1ccccc1Cl. The molecule has 0 bridgehead atoms. The van der Waals surface area contributed by atoms with E-state index in [1.165, 1.54) is 18.9 Å². The quantitative estimate of drug-likeness (QED) is 0.238. The number of hydrogen-bond acceptors (Lipinski definition) is 7. The second-order valence-electron chi connectivity index (χ2n) is 7.32. The number of halogens is 1. The third kappa shape index (κ3) is 6.71. The van der Waals surface area contributed by atoms with Gasteiger partial charge in [0.1, 0.15) is 0 Å². The number of thioether (sulfide) groups is 1. The first-order valence-corrected chi connectivity index (χ1v) is 11.9. The molecular formula is C24H24ClN5O4S. The Morgan fingerprint density at radius 1 is 1.17 bits per heavy atom. The first-order valence-electron chi connectivity index (χ1n) is 10.5. The molecule has 0 fully saturated rings. The van der Waals surface area contributed by atoms with Crippen LogP contribution in [0.1, 0.15) is 39.5 Å². The van der Waals surface area contributed by atoms with Crippen molar-refractivity contribution in [3.63, 3.8) is 0 Å². The normalized spacial score (nSPS) is 11.4. The molecule has 0 saturated carbocycles. The molecule has 3 aromatic rings. The number of benzene rings is 2. The molecule has 0 spiro atoms. The van der Waals surface area contributed by atoms with E-state index in [4.69, 9.17) is 11.6 Å². The maximum Gasteiger partial charge on any atom is 0.337 e. The van der Waals surface area contributed by atoms with Crippen molar-refractivity contribution in [2.45, 2.75) is 24.7 Å². The first-order chi connectivity index (χ1) is 16.8. The zero-order chi connectivity index (χ0) is 25.4. The molecule has 1 atom stereocenters. The number of methoxy groups -OCH3 is 1. The minimum absolute atomic E-state index is 0.0778. The first kappa shape index (κ1) is 26.0. The molecule has 0 aliphatic rings. The summed E-state index contributed by atoms with van der Waals surface area (Å²) in [6.07, 6.45) is 1.68. The van der Waals surface area contributed by atoms with Gasteiger partial charge in [0.25, 0.3) is 5.91 Å². The summed E-state index contributed by atoms with van der Waals surface area (Å²) in [5.74, 6) is -0.438. The Kier molecular flexibility index (Phi) is 9.04. The van der Waals surface area contributed by atoms with Gasteiger partial charge in [-0.1, -0.05) is 41.6 Å². The number of nitrogens with zero attached hydrogens (tertiary/aromatic N) is 3. The molecule has 9 nitrogen and oxygen atoms in total. The average molecular weight is 514 g/mol. The summed E-state index contributed by atoms with van der Waals surface area (Å²) < 4.78 is 6.45. The Balaban J connectivity index is 1.64. The van der Waals surface area contributed by atoms with E-state index in [0.717, 1.165) is 0 Å². The fourth-order valence-electron chi connectivity index (χ4n) is 3.15. The standard InChI is InChI=1S/C24H24ClN5O4S/c1-4-13-30-21(15(2)26-22(32)18-7-5-6-8-19(18)25)28-29-24(30)35-14-20(31)27-17-11-9-16(10-12-17)23(33)34-3/h4-12,15H,1,13-14H2,2-3H3,(H,26,32)(H,27,31)/t15-/m1/s1. The summed E-state index contributed by atoms with van der Waals surface area (Å²) in [6.45, 7) is 5.96. The lowest BCUT2D eigenvalue weighted by Gasteiger charge is -2.15. The highest BCUT2D eigenvalue weighted by atomic mass is 35.5. The van der Waals surface area contributed by atoms with E-state index < -0.39 is 12.0 Å². The van der Waals surface area contributed by atoms with Crippen LogP contribution in [0.5, 0.6) is 0 Å². The van der Waals surface area contributed by atoms with Crippen molar-refractivity contribution in [2.75, 3.05) is 18.2 Å². The number of allylic oxidation sites excluding steroid dienone is 1. The maximum atomic E-state index is 12.6. The van der Waals surface area contributed by atoms with Gasteiger partial charge in [-0.3, -0.25) is 9.59 Å². The minimum atomic E-state index is -0.470. The molecule has 0 radical (unpaired) electrons. The third-order valence-electron chi connectivity index (χ3n) is 4.83. The molecular weight excluding hydrogens is 490 g/mol. The van der Waals surface area contributed by atoms with Crippen LogP contribution in [-0.2, 0) is 16.1 Å². The van der Waals surface area contributed by atoms with E-state index in [2.05, 4.69) is 32.1 Å². The Morgan fingerprint density at radius 3 is 2.54 bits per heavy atom. The van der Waals surface area contributed by atoms with Crippen LogP contribution in [0.15, 0.2) is 66.3 Å². The van der Waals surface area contributed by atoms with Crippen molar-refractivity contribution in [3.05, 3.63) is 83.2 Å². The molecule has 35 heavy (non-hydrogen) atoms. The Labute approximate surface area is 211 Å². The van der Waals surface area contributed by atoms with Crippen LogP contribution < -0.4 is 10.6 Å². The van der Waals surface area contributed by atoms with Crippen LogP contribution >= 0.6 is 23.4 Å². The van der Waals surface area contributed by atoms with Crippen molar-refractivity contribution in [1.82, 2.24) is 20.1 Å². The number of rotatable bonds is 10. The van der Waals surface area contributed by atoms with Gasteiger partial charge >= 0.3 is 5.97 Å². The number of carbonyl (C=O) groups excluding carboxylic acids is 3. The number of carbonyl (C=O) groups is 3. The summed E-state index contributed by atoms with van der Waals surface area (Å²) in [4.78, 5) is 36.6. The van der Waals surface area contributed by atoms with Gasteiger partial charge in [0.2, 0.25) is 5.91 Å². The molecule has 2 aromatic carbocycles. The van der Waals surface area contributed by atoms with E-state index in [1.807, 2.05) is 0 Å². The summed E-state index contributed by atoms with van der Waals surface area (Å²) in [6, 6.07) is 12.7. The molecule has 2 N–H and O–H groups in total. The van der Waals surface area contributed by atoms with Gasteiger partial charge in [-0.2, -0.15) is 0 Å². The molecule has 2 amide bonds. The second kappa shape index (κ2) is 12.2. The number of aromatic nitrogens is 3. The van der Waals surface area contributed by atoms with Crippen molar-refractivity contribution >= 4 is 46.8 Å². The molecule has 1 aromatic heterocycles. The van der Waals surface area contributed by atoms with Crippen LogP contribution in [0.25, 0.3) is 0 Å². The van der Waals surface area contributed by atoms with Crippen LogP contribution in [0, 0.1) is 0 Å². The van der Waals surface area contributed by atoms with Crippen LogP contribution in [-0.4, -0.2) is 45.4 Å². The largest absolute Gasteiger partial charge is 0.465 e. The summed E-state index contributed by atoms with van der Waals surface area (Å²) in [5, 5.41) is 14.9. The van der Waals surface area contributed by atoms with Crippen molar-refractivity contribution in [2.24, 2.45) is 0 Å². The summed E-state index contributed by atoms with van der Waals surface area (Å²) in [7, 11) is 1.30. The molecule has 0 saturated heterocycles. The molecule has 1 heterocycles. The van der Waals surface area contributed by atoms with Gasteiger partial charge < -0.3 is 19.9 Å². The molecule has 11 heteroatoms. The van der Waals surface area contributed by atoms with Crippen LogP contribution in [0.4, 0.5) is 5.69 Å². The Bertz CT molecular complexity index is 1230. The van der Waals surface area contributed by atoms with Gasteiger partial charge in [-0.15, -0.1) is 16.8 Å². The van der Waals surface area contributed by atoms with Gasteiger partial charge in [-0.25, -0.2) is 4.79 Å². The summed E-state index contributed by atoms with van der Waals surface area (Å²) >= 11 is 7.33. The fraction of sp³-hybridized carbons (Fsp3) is 0.208. The Hall–Kier alpha value is -3.63. The van der Waals surface area contributed by atoms with Crippen LogP contribution in [0.3, 0.4) is 0 Å². The predicted molar refractivity (Wildman–Crippen MR) is 135 cm³/mol. The third-order valence-corrected chi connectivity index (χ3v) is 6.13. The van der Waals surface area contributed by atoms with Gasteiger partial charge in [0.15, 0.2) is 11.0 Å². The number of anilines is 1. The zero-order valence-corrected chi connectivity index (χ0v) is 20.7. The molecule has 0 aliphatic heterocycles. The van der Waals surface area contributed by atoms with E-state index in [0.29, 0.717) is 39.4 Å². The molecule has 182 valence electrons. The number of nitrogens with one attached hydrogen (secondary N) is 2. The fourth-order valence-corrected chi connectivity index (χ4v) is 4.12. The molecule has 0 aliphatic carbocycles. The lowest BCUT2D eigenvalue weighted by Crippen LogP contribution is -2.29. The van der Waals surface area contributed by atoms with Gasteiger partial charge in [-0.05, 0) is 43.3 Å². The lowest BCUT2D eigenvalue weighted by molar-refractivity contribution is -0.113. The Morgan fingerprint density at radius 2 is 1.89 bits per heavy atom. The highest BCUT2D eigenvalue weighted by Crippen LogP contribution is 2.22. The highest BCUT2D eigenvalue weighted by Gasteiger charge is 2.21. The number of esters is 1. The van der Waals surface area contributed by atoms with E-state index in [9.17, 15) is 14.4 Å². The topological polar surface area (TPSA) is 115 Å².